The highest BCUT2D eigenvalue weighted by Crippen LogP contribution is 2.91. The summed E-state index contributed by atoms with van der Waals surface area (Å²) in [5, 5.41) is 0. The van der Waals surface area contributed by atoms with Crippen molar-refractivity contribution in [2.75, 3.05) is 0 Å². The summed E-state index contributed by atoms with van der Waals surface area (Å²) in [5.74, 6) is 10.4. The zero-order valence-corrected chi connectivity index (χ0v) is 6.03. The van der Waals surface area contributed by atoms with Crippen LogP contribution in [-0.2, 0) is 0 Å². The van der Waals surface area contributed by atoms with E-state index in [1.165, 1.54) is 47.3 Å². The summed E-state index contributed by atoms with van der Waals surface area (Å²) in [6.07, 6.45) is 3.27. The van der Waals surface area contributed by atoms with Gasteiger partial charge in [-0.3, -0.25) is 0 Å². The summed E-state index contributed by atoms with van der Waals surface area (Å²) in [6, 6.07) is 0. The molecule has 8 atom stereocenters. The maximum absolute atomic E-state index is 1.64. The molecule has 52 valence electrons. The summed E-state index contributed by atoms with van der Waals surface area (Å²) < 4.78 is 0. The Balaban J connectivity index is 1.90. The highest BCUT2D eigenvalue weighted by atomic mass is 14.9. The predicted octanol–water partition coefficient (Wildman–Crippen LogP) is 1.76. The molecule has 0 aromatic carbocycles. The zero-order chi connectivity index (χ0) is 6.03. The second-order valence-corrected chi connectivity index (χ2v) is 5.37. The van der Waals surface area contributed by atoms with Crippen molar-refractivity contribution in [2.24, 2.45) is 47.3 Å². The Morgan fingerprint density at radius 1 is 0.500 bits per heavy atom. The fourth-order valence-electron chi connectivity index (χ4n) is 5.99. The second kappa shape index (κ2) is 0.852. The highest BCUT2D eigenvalue weighted by Gasteiger charge is 2.87. The molecule has 0 heterocycles. The van der Waals surface area contributed by atoms with Crippen molar-refractivity contribution in [3.05, 3.63) is 0 Å². The van der Waals surface area contributed by atoms with E-state index in [9.17, 15) is 0 Å². The summed E-state index contributed by atoms with van der Waals surface area (Å²) in [6.45, 7) is 0. The normalized spacial score (nSPS) is 91.2. The largest absolute Gasteiger partial charge is 0.0496 e. The molecule has 2 unspecified atom stereocenters. The van der Waals surface area contributed by atoms with E-state index in [4.69, 9.17) is 0 Å². The molecule has 0 heteroatoms. The molecule has 0 aliphatic heterocycles. The van der Waals surface area contributed by atoms with Gasteiger partial charge in [-0.1, -0.05) is 0 Å². The maximum Gasteiger partial charge on any atom is -0.0312 e. The molecule has 0 radical (unpaired) electrons. The van der Waals surface area contributed by atoms with Crippen LogP contribution in [0, 0.1) is 47.3 Å². The Hall–Kier alpha value is 0. The molecule has 6 saturated carbocycles. The van der Waals surface area contributed by atoms with Crippen LogP contribution in [0.25, 0.3) is 0 Å². The van der Waals surface area contributed by atoms with E-state index in [1.54, 1.807) is 12.8 Å². The molecule has 0 N–H and O–H groups in total. The topological polar surface area (TPSA) is 0 Å². The molecule has 5 bridgehead atoms. The van der Waals surface area contributed by atoms with E-state index in [-0.39, 0.29) is 0 Å². The third-order valence-electron chi connectivity index (χ3n) is 5.78. The van der Waals surface area contributed by atoms with E-state index in [0.29, 0.717) is 0 Å². The van der Waals surface area contributed by atoms with Gasteiger partial charge in [0.05, 0.1) is 0 Å². The minimum atomic E-state index is 1.27. The monoisotopic (exact) mass is 132 g/mol. The van der Waals surface area contributed by atoms with Gasteiger partial charge in [-0.25, -0.2) is 0 Å². The van der Waals surface area contributed by atoms with Gasteiger partial charge in [-0.2, -0.15) is 0 Å². The summed E-state index contributed by atoms with van der Waals surface area (Å²) in [5.41, 5.74) is 0. The Morgan fingerprint density at radius 2 is 1.00 bits per heavy atom. The van der Waals surface area contributed by atoms with Crippen molar-refractivity contribution in [3.8, 4) is 0 Å². The standard InChI is InChI=1S/C10H12/c1-2-4-5-3(1)6-7(4)10-8(5)9(6)10/h3-10H,1-2H2/t3-,4-,5?,6-,7-,8?,9-,10+/m0/s1. The third kappa shape index (κ3) is 0.177. The van der Waals surface area contributed by atoms with E-state index >= 15 is 0 Å². The summed E-state index contributed by atoms with van der Waals surface area (Å²) in [4.78, 5) is 0. The van der Waals surface area contributed by atoms with Crippen LogP contribution >= 0.6 is 0 Å². The first kappa shape index (κ1) is 4.13. The van der Waals surface area contributed by atoms with Gasteiger partial charge < -0.3 is 0 Å². The molecular weight excluding hydrogens is 120 g/mol. The van der Waals surface area contributed by atoms with Crippen LogP contribution in [-0.4, -0.2) is 0 Å². The lowest BCUT2D eigenvalue weighted by molar-refractivity contribution is 0.0851. The van der Waals surface area contributed by atoms with Crippen LogP contribution in [0.4, 0.5) is 0 Å². The van der Waals surface area contributed by atoms with Gasteiger partial charge in [0.2, 0.25) is 0 Å². The average Bonchev–Trinajstić information content (AvgIpc) is 2.37. The number of hydrogen-bond donors (Lipinski definition) is 0. The molecule has 0 amide bonds. The van der Waals surface area contributed by atoms with Crippen molar-refractivity contribution in [1.82, 2.24) is 0 Å². The van der Waals surface area contributed by atoms with E-state index in [2.05, 4.69) is 0 Å². The molecule has 0 aromatic rings. The molecule has 0 aromatic heterocycles. The first-order valence-corrected chi connectivity index (χ1v) is 4.98. The zero-order valence-electron chi connectivity index (χ0n) is 6.03. The SMILES string of the molecule is C1C[C@H]2C3C4[C@@H]5[C@H]4[C@@H]2[C@@H]5[C@@H]13. The summed E-state index contributed by atoms with van der Waals surface area (Å²) >= 11 is 0. The van der Waals surface area contributed by atoms with Crippen molar-refractivity contribution in [3.63, 3.8) is 0 Å². The quantitative estimate of drug-likeness (QED) is 0.471. The van der Waals surface area contributed by atoms with Crippen LogP contribution in [0.5, 0.6) is 0 Å². The lowest BCUT2D eigenvalue weighted by Gasteiger charge is -2.39. The van der Waals surface area contributed by atoms with Gasteiger partial charge in [0.25, 0.3) is 0 Å². The smallest absolute Gasteiger partial charge is 0.0312 e. The predicted molar refractivity (Wildman–Crippen MR) is 37.2 cm³/mol. The molecule has 0 spiro atoms. The number of hydrogen-bond acceptors (Lipinski definition) is 0. The van der Waals surface area contributed by atoms with Crippen molar-refractivity contribution >= 4 is 0 Å². The molecule has 6 aliphatic carbocycles. The van der Waals surface area contributed by atoms with Crippen molar-refractivity contribution in [2.45, 2.75) is 12.8 Å². The lowest BCUT2D eigenvalue weighted by Crippen LogP contribution is -2.34. The molecule has 10 heavy (non-hydrogen) atoms. The summed E-state index contributed by atoms with van der Waals surface area (Å²) in [7, 11) is 0. The Kier molecular flexibility index (Phi) is 0.352. The van der Waals surface area contributed by atoms with E-state index in [1.807, 2.05) is 0 Å². The minimum absolute atomic E-state index is 1.27. The van der Waals surface area contributed by atoms with Gasteiger partial charge in [0.15, 0.2) is 0 Å². The molecular formula is C10H12. The number of rotatable bonds is 0. The fraction of sp³-hybridized carbons (Fsp3) is 1.00. The van der Waals surface area contributed by atoms with Gasteiger partial charge >= 0.3 is 0 Å². The van der Waals surface area contributed by atoms with Crippen molar-refractivity contribution < 1.29 is 0 Å². The lowest BCUT2D eigenvalue weighted by atomic mass is 9.66. The van der Waals surface area contributed by atoms with Crippen LogP contribution in [0.15, 0.2) is 0 Å². The van der Waals surface area contributed by atoms with Gasteiger partial charge in [-0.05, 0) is 60.2 Å². The molecule has 6 aliphatic rings. The minimum Gasteiger partial charge on any atom is -0.0496 e. The van der Waals surface area contributed by atoms with E-state index < -0.39 is 0 Å². The molecule has 0 saturated heterocycles. The van der Waals surface area contributed by atoms with Crippen LogP contribution < -0.4 is 0 Å². The van der Waals surface area contributed by atoms with E-state index in [0.717, 1.165) is 0 Å². The first-order valence-electron chi connectivity index (χ1n) is 4.98. The van der Waals surface area contributed by atoms with Gasteiger partial charge in [0, 0.05) is 0 Å². The van der Waals surface area contributed by atoms with Crippen molar-refractivity contribution in [1.29, 1.82) is 0 Å². The van der Waals surface area contributed by atoms with Crippen LogP contribution in [0.1, 0.15) is 12.8 Å². The first-order chi connectivity index (χ1) is 4.98. The van der Waals surface area contributed by atoms with Crippen LogP contribution in [0.2, 0.25) is 0 Å². The molecule has 6 fully saturated rings. The third-order valence-corrected chi connectivity index (χ3v) is 5.78. The van der Waals surface area contributed by atoms with Gasteiger partial charge in [-0.15, -0.1) is 0 Å². The Bertz CT molecular complexity index is 216. The van der Waals surface area contributed by atoms with Crippen LogP contribution in [0.3, 0.4) is 0 Å². The van der Waals surface area contributed by atoms with Gasteiger partial charge in [0.1, 0.15) is 0 Å². The molecule has 0 nitrogen and oxygen atoms in total. The molecule has 6 rings (SSSR count). The maximum atomic E-state index is 1.64. The Labute approximate surface area is 61.0 Å². The Morgan fingerprint density at radius 3 is 1.40 bits per heavy atom. The second-order valence-electron chi connectivity index (χ2n) is 5.37. The highest BCUT2D eigenvalue weighted by molar-refractivity contribution is 5.34. The fourth-order valence-corrected chi connectivity index (χ4v) is 5.99. The average molecular weight is 132 g/mol.